The average molecular weight is 352 g/mol. The van der Waals surface area contributed by atoms with Crippen LogP contribution in [0.25, 0.3) is 22.6 Å². The highest BCUT2D eigenvalue weighted by Crippen LogP contribution is 2.27. The maximum atomic E-state index is 12.7. The van der Waals surface area contributed by atoms with Crippen molar-refractivity contribution in [2.75, 3.05) is 0 Å². The van der Waals surface area contributed by atoms with Gasteiger partial charge in [0.2, 0.25) is 0 Å². The van der Waals surface area contributed by atoms with E-state index < -0.39 is 0 Å². The number of H-pyrrole nitrogens is 1. The van der Waals surface area contributed by atoms with Gasteiger partial charge in [-0.2, -0.15) is 0 Å². The maximum absolute atomic E-state index is 12.7. The molecule has 3 nitrogen and oxygen atoms in total. The van der Waals surface area contributed by atoms with Crippen LogP contribution in [0.15, 0.2) is 84.9 Å². The number of ketones is 1. The lowest BCUT2D eigenvalue weighted by Gasteiger charge is -2.03. The molecule has 3 aromatic carbocycles. The summed E-state index contributed by atoms with van der Waals surface area (Å²) in [5, 5.41) is 0. The standard InChI is InChI=1S/C24H20N2O/c1-17-9-8-14-20(15-17)24-25-21(16-22(27)18-10-4-2-5-11-18)23(26-24)19-12-6-3-7-13-19/h2-15H,16H2,1H3,(H,25,26). The molecular weight excluding hydrogens is 332 g/mol. The zero-order valence-electron chi connectivity index (χ0n) is 15.1. The molecule has 1 N–H and O–H groups in total. The fourth-order valence-corrected chi connectivity index (χ4v) is 3.19. The van der Waals surface area contributed by atoms with E-state index >= 15 is 0 Å². The summed E-state index contributed by atoms with van der Waals surface area (Å²) in [4.78, 5) is 21.0. The van der Waals surface area contributed by atoms with E-state index in [0.29, 0.717) is 5.56 Å². The number of benzene rings is 3. The number of aromatic nitrogens is 2. The molecule has 4 rings (SSSR count). The van der Waals surface area contributed by atoms with Crippen LogP contribution in [0.2, 0.25) is 0 Å². The van der Waals surface area contributed by atoms with Gasteiger partial charge in [-0.1, -0.05) is 84.4 Å². The molecular formula is C24H20N2O. The van der Waals surface area contributed by atoms with Crippen LogP contribution in [0.4, 0.5) is 0 Å². The third-order valence-electron chi connectivity index (χ3n) is 4.55. The third kappa shape index (κ3) is 3.72. The second-order valence-corrected chi connectivity index (χ2v) is 6.61. The van der Waals surface area contributed by atoms with Gasteiger partial charge < -0.3 is 4.98 Å². The van der Waals surface area contributed by atoms with Crippen LogP contribution in [0.1, 0.15) is 21.6 Å². The highest BCUT2D eigenvalue weighted by molar-refractivity contribution is 5.98. The normalized spacial score (nSPS) is 10.7. The summed E-state index contributed by atoms with van der Waals surface area (Å²) in [5.41, 5.74) is 5.58. The highest BCUT2D eigenvalue weighted by Gasteiger charge is 2.17. The van der Waals surface area contributed by atoms with Gasteiger partial charge in [-0.3, -0.25) is 4.79 Å². The quantitative estimate of drug-likeness (QED) is 0.484. The first-order chi connectivity index (χ1) is 13.2. The van der Waals surface area contributed by atoms with Gasteiger partial charge in [-0.25, -0.2) is 4.98 Å². The molecule has 0 radical (unpaired) electrons. The first-order valence-corrected chi connectivity index (χ1v) is 9.00. The lowest BCUT2D eigenvalue weighted by Crippen LogP contribution is -2.04. The predicted molar refractivity (Wildman–Crippen MR) is 109 cm³/mol. The Balaban J connectivity index is 1.76. The summed E-state index contributed by atoms with van der Waals surface area (Å²) in [7, 11) is 0. The van der Waals surface area contributed by atoms with E-state index in [-0.39, 0.29) is 12.2 Å². The second-order valence-electron chi connectivity index (χ2n) is 6.61. The van der Waals surface area contributed by atoms with Crippen LogP contribution in [-0.4, -0.2) is 15.8 Å². The summed E-state index contributed by atoms with van der Waals surface area (Å²) < 4.78 is 0. The molecule has 1 heterocycles. The SMILES string of the molecule is Cc1cccc(-c2nc(-c3ccccc3)c(CC(=O)c3ccccc3)[nH]2)c1. The molecule has 0 aliphatic rings. The van der Waals surface area contributed by atoms with Gasteiger partial charge in [0.05, 0.1) is 17.8 Å². The number of hydrogen-bond acceptors (Lipinski definition) is 2. The number of carbonyl (C=O) groups excluding carboxylic acids is 1. The van der Waals surface area contributed by atoms with Gasteiger partial charge >= 0.3 is 0 Å². The van der Waals surface area contributed by atoms with Crippen molar-refractivity contribution < 1.29 is 4.79 Å². The van der Waals surface area contributed by atoms with Gasteiger partial charge in [-0.15, -0.1) is 0 Å². The molecule has 4 aromatic rings. The van der Waals surface area contributed by atoms with E-state index in [1.54, 1.807) is 0 Å². The van der Waals surface area contributed by atoms with Crippen molar-refractivity contribution in [1.82, 2.24) is 9.97 Å². The molecule has 0 atom stereocenters. The Labute approximate surface area is 158 Å². The third-order valence-corrected chi connectivity index (χ3v) is 4.55. The van der Waals surface area contributed by atoms with Crippen LogP contribution >= 0.6 is 0 Å². The van der Waals surface area contributed by atoms with Crippen molar-refractivity contribution in [2.24, 2.45) is 0 Å². The number of carbonyl (C=O) groups is 1. The van der Waals surface area contributed by atoms with E-state index in [9.17, 15) is 4.79 Å². The van der Waals surface area contributed by atoms with E-state index in [4.69, 9.17) is 4.98 Å². The smallest absolute Gasteiger partial charge is 0.168 e. The average Bonchev–Trinajstić information content (AvgIpc) is 3.13. The van der Waals surface area contributed by atoms with Crippen LogP contribution in [0.5, 0.6) is 0 Å². The second kappa shape index (κ2) is 7.42. The van der Waals surface area contributed by atoms with E-state index in [1.807, 2.05) is 72.8 Å². The van der Waals surface area contributed by atoms with Crippen molar-refractivity contribution in [3.05, 3.63) is 102 Å². The molecule has 27 heavy (non-hydrogen) atoms. The Hall–Kier alpha value is -3.46. The lowest BCUT2D eigenvalue weighted by atomic mass is 10.0. The number of nitrogens with one attached hydrogen (secondary N) is 1. The van der Waals surface area contributed by atoms with Crippen LogP contribution in [-0.2, 0) is 6.42 Å². The van der Waals surface area contributed by atoms with Gasteiger partial charge in [-0.05, 0) is 13.0 Å². The molecule has 0 saturated carbocycles. The fourth-order valence-electron chi connectivity index (χ4n) is 3.19. The van der Waals surface area contributed by atoms with Gasteiger partial charge in [0.1, 0.15) is 5.82 Å². The molecule has 0 saturated heterocycles. The van der Waals surface area contributed by atoms with Crippen molar-refractivity contribution in [1.29, 1.82) is 0 Å². The minimum atomic E-state index is 0.0761. The molecule has 3 heteroatoms. The summed E-state index contributed by atoms with van der Waals surface area (Å²) in [6.45, 7) is 2.06. The van der Waals surface area contributed by atoms with Gasteiger partial charge in [0.15, 0.2) is 5.78 Å². The Morgan fingerprint density at radius 3 is 2.22 bits per heavy atom. The minimum absolute atomic E-state index is 0.0761. The monoisotopic (exact) mass is 352 g/mol. The largest absolute Gasteiger partial charge is 0.341 e. The Morgan fingerprint density at radius 2 is 1.52 bits per heavy atom. The molecule has 132 valence electrons. The predicted octanol–water partition coefficient (Wildman–Crippen LogP) is 5.48. The molecule has 0 aliphatic heterocycles. The topological polar surface area (TPSA) is 45.8 Å². The van der Waals surface area contributed by atoms with Crippen LogP contribution in [0, 0.1) is 6.92 Å². The summed E-state index contributed by atoms with van der Waals surface area (Å²) >= 11 is 0. The summed E-state index contributed by atoms with van der Waals surface area (Å²) in [6, 6.07) is 27.6. The lowest BCUT2D eigenvalue weighted by molar-refractivity contribution is 0.0992. The van der Waals surface area contributed by atoms with Crippen LogP contribution in [0.3, 0.4) is 0 Å². The fraction of sp³-hybridized carbons (Fsp3) is 0.0833. The van der Waals surface area contributed by atoms with Crippen molar-refractivity contribution in [2.45, 2.75) is 13.3 Å². The van der Waals surface area contributed by atoms with Crippen molar-refractivity contribution in [3.63, 3.8) is 0 Å². The van der Waals surface area contributed by atoms with Crippen LogP contribution < -0.4 is 0 Å². The number of aryl methyl sites for hydroxylation is 1. The number of aromatic amines is 1. The first kappa shape index (κ1) is 17.0. The molecule has 1 aromatic heterocycles. The molecule has 0 aliphatic carbocycles. The van der Waals surface area contributed by atoms with Gasteiger partial charge in [0, 0.05) is 16.7 Å². The van der Waals surface area contributed by atoms with E-state index in [2.05, 4.69) is 24.0 Å². The molecule has 0 unspecified atom stereocenters. The highest BCUT2D eigenvalue weighted by atomic mass is 16.1. The van der Waals surface area contributed by atoms with Crippen molar-refractivity contribution >= 4 is 5.78 Å². The number of Topliss-reactive ketones (excluding diaryl/α,β-unsaturated/α-hetero) is 1. The zero-order chi connectivity index (χ0) is 18.6. The first-order valence-electron chi connectivity index (χ1n) is 9.00. The molecule has 0 spiro atoms. The summed E-state index contributed by atoms with van der Waals surface area (Å²) in [5.74, 6) is 0.862. The molecule has 0 bridgehead atoms. The van der Waals surface area contributed by atoms with E-state index in [0.717, 1.165) is 28.3 Å². The Bertz CT molecular complexity index is 1070. The Morgan fingerprint density at radius 1 is 0.852 bits per heavy atom. The maximum Gasteiger partial charge on any atom is 0.168 e. The number of nitrogens with zero attached hydrogens (tertiary/aromatic N) is 1. The van der Waals surface area contributed by atoms with E-state index in [1.165, 1.54) is 5.56 Å². The number of hydrogen-bond donors (Lipinski definition) is 1. The molecule has 0 fully saturated rings. The number of rotatable bonds is 5. The van der Waals surface area contributed by atoms with Gasteiger partial charge in [0.25, 0.3) is 0 Å². The summed E-state index contributed by atoms with van der Waals surface area (Å²) in [6.07, 6.45) is 0.285. The number of imidazole rings is 1. The minimum Gasteiger partial charge on any atom is -0.341 e. The van der Waals surface area contributed by atoms with Crippen molar-refractivity contribution in [3.8, 4) is 22.6 Å². The Kier molecular flexibility index (Phi) is 4.67. The zero-order valence-corrected chi connectivity index (χ0v) is 15.1. The molecule has 0 amide bonds.